The molecule has 0 atom stereocenters. The fourth-order valence-electron chi connectivity index (χ4n) is 1.46. The van der Waals surface area contributed by atoms with Gasteiger partial charge >= 0.3 is 5.97 Å². The second-order valence-electron chi connectivity index (χ2n) is 4.31. The van der Waals surface area contributed by atoms with Gasteiger partial charge in [0.15, 0.2) is 11.5 Å². The number of hydrogen-bond donors (Lipinski definition) is 0. The smallest absolute Gasteiger partial charge is 0.317 e. The van der Waals surface area contributed by atoms with Gasteiger partial charge in [-0.3, -0.25) is 4.79 Å². The predicted molar refractivity (Wildman–Crippen MR) is 67.3 cm³/mol. The Morgan fingerprint density at radius 2 is 1.71 bits per heavy atom. The quantitative estimate of drug-likeness (QED) is 0.580. The number of carbonyl (C=O) groups excluding carboxylic acids is 1. The predicted octanol–water partition coefficient (Wildman–Crippen LogP) is 3.43. The van der Waals surface area contributed by atoms with Crippen molar-refractivity contribution in [2.24, 2.45) is 5.41 Å². The maximum Gasteiger partial charge on any atom is 0.317 e. The van der Waals surface area contributed by atoms with Crippen molar-refractivity contribution >= 4 is 5.97 Å². The van der Waals surface area contributed by atoms with Gasteiger partial charge in [0.1, 0.15) is 0 Å². The molecule has 0 amide bonds. The van der Waals surface area contributed by atoms with E-state index in [-0.39, 0.29) is 5.97 Å². The van der Waals surface area contributed by atoms with Gasteiger partial charge in [-0.15, -0.1) is 0 Å². The van der Waals surface area contributed by atoms with E-state index < -0.39 is 5.41 Å². The van der Waals surface area contributed by atoms with Crippen LogP contribution in [0.3, 0.4) is 0 Å². The second-order valence-corrected chi connectivity index (χ2v) is 4.31. The molecule has 94 valence electrons. The lowest BCUT2D eigenvalue weighted by atomic mass is 9.85. The van der Waals surface area contributed by atoms with Crippen molar-refractivity contribution in [2.75, 3.05) is 7.11 Å². The third-order valence-corrected chi connectivity index (χ3v) is 3.33. The fraction of sp³-hybridized carbons (Fsp3) is 0.500. The lowest BCUT2D eigenvalue weighted by Crippen LogP contribution is -2.30. The molecule has 3 heteroatoms. The molecule has 0 saturated carbocycles. The molecular weight excluding hydrogens is 216 g/mol. The molecule has 0 aliphatic rings. The molecule has 0 spiro atoms. The van der Waals surface area contributed by atoms with Gasteiger partial charge in [0.05, 0.1) is 12.5 Å². The number of rotatable bonds is 5. The molecule has 1 aromatic carbocycles. The minimum atomic E-state index is -0.430. The molecule has 0 aliphatic carbocycles. The summed E-state index contributed by atoms with van der Waals surface area (Å²) in [6.45, 7) is 5.91. The summed E-state index contributed by atoms with van der Waals surface area (Å²) in [6, 6.07) is 7.18. The zero-order valence-electron chi connectivity index (χ0n) is 10.9. The SMILES string of the molecule is CCC(C)(CC)C(=O)Oc1ccccc1OC. The highest BCUT2D eigenvalue weighted by Crippen LogP contribution is 2.31. The molecule has 0 bridgehead atoms. The van der Waals surface area contributed by atoms with Crippen molar-refractivity contribution in [2.45, 2.75) is 33.6 Å². The Kier molecular flexibility index (Phi) is 4.55. The van der Waals surface area contributed by atoms with Crippen LogP contribution in [0, 0.1) is 5.41 Å². The van der Waals surface area contributed by atoms with E-state index in [2.05, 4.69) is 0 Å². The summed E-state index contributed by atoms with van der Waals surface area (Å²) < 4.78 is 10.6. The van der Waals surface area contributed by atoms with Crippen molar-refractivity contribution in [3.63, 3.8) is 0 Å². The van der Waals surface area contributed by atoms with E-state index >= 15 is 0 Å². The van der Waals surface area contributed by atoms with Crippen LogP contribution in [0.25, 0.3) is 0 Å². The highest BCUT2D eigenvalue weighted by molar-refractivity contribution is 5.79. The van der Waals surface area contributed by atoms with E-state index in [1.165, 1.54) is 0 Å². The molecule has 1 aromatic rings. The first kappa shape index (κ1) is 13.6. The van der Waals surface area contributed by atoms with Gasteiger partial charge in [0.2, 0.25) is 0 Å². The van der Waals surface area contributed by atoms with E-state index in [0.29, 0.717) is 11.5 Å². The van der Waals surface area contributed by atoms with E-state index in [1.807, 2.05) is 32.9 Å². The number of hydrogen-bond acceptors (Lipinski definition) is 3. The molecule has 0 aliphatic heterocycles. The van der Waals surface area contributed by atoms with Crippen LogP contribution in [0.1, 0.15) is 33.6 Å². The summed E-state index contributed by atoms with van der Waals surface area (Å²) in [5.74, 6) is 0.857. The average Bonchev–Trinajstić information content (AvgIpc) is 2.38. The van der Waals surface area contributed by atoms with Gasteiger partial charge in [-0.25, -0.2) is 0 Å². The first-order valence-electron chi connectivity index (χ1n) is 5.92. The van der Waals surface area contributed by atoms with Gasteiger partial charge in [-0.05, 0) is 31.9 Å². The summed E-state index contributed by atoms with van der Waals surface area (Å²) >= 11 is 0. The van der Waals surface area contributed by atoms with Gasteiger partial charge < -0.3 is 9.47 Å². The molecule has 0 saturated heterocycles. The Morgan fingerprint density at radius 3 is 2.18 bits per heavy atom. The average molecular weight is 236 g/mol. The van der Waals surface area contributed by atoms with Crippen LogP contribution in [0.2, 0.25) is 0 Å². The fourth-order valence-corrected chi connectivity index (χ4v) is 1.46. The summed E-state index contributed by atoms with van der Waals surface area (Å²) in [6.07, 6.45) is 1.52. The largest absolute Gasteiger partial charge is 0.493 e. The third kappa shape index (κ3) is 2.99. The van der Waals surface area contributed by atoms with Crippen LogP contribution in [-0.4, -0.2) is 13.1 Å². The van der Waals surface area contributed by atoms with Crippen molar-refractivity contribution in [1.82, 2.24) is 0 Å². The standard InChI is InChI=1S/C14H20O3/c1-5-14(3,6-2)13(15)17-12-10-8-7-9-11(12)16-4/h7-10H,5-6H2,1-4H3. The molecule has 0 unspecified atom stereocenters. The summed E-state index contributed by atoms with van der Waals surface area (Å²) in [5, 5.41) is 0. The Hall–Kier alpha value is -1.51. The molecule has 0 fully saturated rings. The molecular formula is C14H20O3. The summed E-state index contributed by atoms with van der Waals surface area (Å²) in [4.78, 5) is 12.1. The lowest BCUT2D eigenvalue weighted by Gasteiger charge is -2.24. The number of carbonyl (C=O) groups is 1. The van der Waals surface area contributed by atoms with Crippen molar-refractivity contribution in [3.8, 4) is 11.5 Å². The van der Waals surface area contributed by atoms with Crippen LogP contribution < -0.4 is 9.47 Å². The Bertz CT molecular complexity index is 381. The zero-order chi connectivity index (χ0) is 12.9. The molecule has 3 nitrogen and oxygen atoms in total. The monoisotopic (exact) mass is 236 g/mol. The highest BCUT2D eigenvalue weighted by atomic mass is 16.6. The molecule has 0 aromatic heterocycles. The minimum Gasteiger partial charge on any atom is -0.493 e. The highest BCUT2D eigenvalue weighted by Gasteiger charge is 2.31. The third-order valence-electron chi connectivity index (χ3n) is 3.33. The Balaban J connectivity index is 2.87. The van der Waals surface area contributed by atoms with Crippen LogP contribution in [0.4, 0.5) is 0 Å². The minimum absolute atomic E-state index is 0.202. The van der Waals surface area contributed by atoms with E-state index in [1.54, 1.807) is 19.2 Å². The summed E-state index contributed by atoms with van der Waals surface area (Å²) in [5.41, 5.74) is -0.430. The Labute approximate surface area is 103 Å². The molecule has 0 N–H and O–H groups in total. The number of para-hydroxylation sites is 2. The first-order chi connectivity index (χ1) is 8.07. The maximum atomic E-state index is 12.1. The van der Waals surface area contributed by atoms with E-state index in [4.69, 9.17) is 9.47 Å². The van der Waals surface area contributed by atoms with Gasteiger partial charge in [0.25, 0.3) is 0 Å². The van der Waals surface area contributed by atoms with Crippen molar-refractivity contribution in [3.05, 3.63) is 24.3 Å². The van der Waals surface area contributed by atoms with Gasteiger partial charge in [0, 0.05) is 0 Å². The number of methoxy groups -OCH3 is 1. The molecule has 0 radical (unpaired) electrons. The van der Waals surface area contributed by atoms with E-state index in [0.717, 1.165) is 12.8 Å². The number of esters is 1. The van der Waals surface area contributed by atoms with Crippen molar-refractivity contribution < 1.29 is 14.3 Å². The van der Waals surface area contributed by atoms with Crippen LogP contribution >= 0.6 is 0 Å². The Morgan fingerprint density at radius 1 is 1.18 bits per heavy atom. The van der Waals surface area contributed by atoms with Crippen LogP contribution in [-0.2, 0) is 4.79 Å². The van der Waals surface area contributed by atoms with Gasteiger partial charge in [-0.1, -0.05) is 26.0 Å². The topological polar surface area (TPSA) is 35.5 Å². The normalized spacial score (nSPS) is 11.1. The second kappa shape index (κ2) is 5.71. The van der Waals surface area contributed by atoms with E-state index in [9.17, 15) is 4.79 Å². The van der Waals surface area contributed by atoms with Crippen molar-refractivity contribution in [1.29, 1.82) is 0 Å². The lowest BCUT2D eigenvalue weighted by molar-refractivity contribution is -0.145. The van der Waals surface area contributed by atoms with Crippen LogP contribution in [0.5, 0.6) is 11.5 Å². The zero-order valence-corrected chi connectivity index (χ0v) is 10.9. The maximum absolute atomic E-state index is 12.1. The molecule has 0 heterocycles. The molecule has 1 rings (SSSR count). The summed E-state index contributed by atoms with van der Waals surface area (Å²) in [7, 11) is 1.56. The van der Waals surface area contributed by atoms with Crippen LogP contribution in [0.15, 0.2) is 24.3 Å². The molecule has 17 heavy (non-hydrogen) atoms. The number of benzene rings is 1. The first-order valence-corrected chi connectivity index (χ1v) is 5.92. The number of ether oxygens (including phenoxy) is 2. The van der Waals surface area contributed by atoms with Gasteiger partial charge in [-0.2, -0.15) is 0 Å².